The number of hydrogen-bond donors (Lipinski definition) is 0. The fourth-order valence-corrected chi connectivity index (χ4v) is 0.745. The van der Waals surface area contributed by atoms with Crippen molar-refractivity contribution in [1.29, 1.82) is 0 Å². The SMILES string of the molecule is C=C(/C=C\C)O/C(C)=C/C=C(C)C. The van der Waals surface area contributed by atoms with Crippen molar-refractivity contribution in [2.75, 3.05) is 0 Å². The molecule has 0 saturated heterocycles. The van der Waals surface area contributed by atoms with Crippen LogP contribution in [-0.4, -0.2) is 0 Å². The van der Waals surface area contributed by atoms with Gasteiger partial charge in [-0.3, -0.25) is 0 Å². The summed E-state index contributed by atoms with van der Waals surface area (Å²) in [6, 6.07) is 0. The van der Waals surface area contributed by atoms with Gasteiger partial charge in [0.2, 0.25) is 0 Å². The predicted octanol–water partition coefficient (Wildman–Crippen LogP) is 3.96. The molecule has 0 aliphatic rings. The molecule has 0 spiro atoms. The van der Waals surface area contributed by atoms with Crippen molar-refractivity contribution in [3.05, 3.63) is 48.0 Å². The molecule has 0 N–H and O–H groups in total. The molecule has 0 aliphatic heterocycles. The third-order valence-electron chi connectivity index (χ3n) is 1.30. The topological polar surface area (TPSA) is 9.23 Å². The Bertz CT molecular complexity index is 250. The summed E-state index contributed by atoms with van der Waals surface area (Å²) in [5, 5.41) is 0. The number of allylic oxidation sites excluding steroid dienone is 6. The van der Waals surface area contributed by atoms with E-state index in [2.05, 4.69) is 6.58 Å². The van der Waals surface area contributed by atoms with Crippen molar-refractivity contribution >= 4 is 0 Å². The zero-order valence-corrected chi connectivity index (χ0v) is 8.92. The summed E-state index contributed by atoms with van der Waals surface area (Å²) in [7, 11) is 0. The van der Waals surface area contributed by atoms with Crippen molar-refractivity contribution in [2.24, 2.45) is 0 Å². The lowest BCUT2D eigenvalue weighted by atomic mass is 10.3. The van der Waals surface area contributed by atoms with Gasteiger partial charge < -0.3 is 4.74 Å². The molecule has 0 fully saturated rings. The van der Waals surface area contributed by atoms with Gasteiger partial charge in [0.25, 0.3) is 0 Å². The first-order chi connectivity index (χ1) is 6.06. The minimum absolute atomic E-state index is 0.665. The Kier molecular flexibility index (Phi) is 5.69. The highest BCUT2D eigenvalue weighted by atomic mass is 16.5. The molecule has 0 amide bonds. The van der Waals surface area contributed by atoms with Crippen LogP contribution >= 0.6 is 0 Å². The molecule has 0 saturated carbocycles. The Balaban J connectivity index is 4.14. The van der Waals surface area contributed by atoms with Crippen molar-refractivity contribution in [1.82, 2.24) is 0 Å². The van der Waals surface area contributed by atoms with Gasteiger partial charge in [0, 0.05) is 0 Å². The van der Waals surface area contributed by atoms with Gasteiger partial charge >= 0.3 is 0 Å². The predicted molar refractivity (Wildman–Crippen MR) is 58.2 cm³/mol. The van der Waals surface area contributed by atoms with E-state index < -0.39 is 0 Å². The molecule has 0 rings (SSSR count). The highest BCUT2D eigenvalue weighted by Crippen LogP contribution is 2.05. The smallest absolute Gasteiger partial charge is 0.119 e. The van der Waals surface area contributed by atoms with Crippen LogP contribution in [0.5, 0.6) is 0 Å². The highest BCUT2D eigenvalue weighted by molar-refractivity contribution is 5.14. The standard InChI is InChI=1S/C12H18O/c1-6-7-11(4)13-12(5)9-8-10(2)3/h6-9H,4H2,1-3,5H3/b7-6-,12-9+. The van der Waals surface area contributed by atoms with Crippen LogP contribution in [0.1, 0.15) is 27.7 Å². The average molecular weight is 178 g/mol. The molecule has 0 aliphatic carbocycles. The molecule has 0 aromatic carbocycles. The van der Waals surface area contributed by atoms with Gasteiger partial charge in [0.15, 0.2) is 0 Å². The van der Waals surface area contributed by atoms with E-state index in [1.54, 1.807) is 0 Å². The van der Waals surface area contributed by atoms with E-state index in [0.717, 1.165) is 5.76 Å². The molecule has 0 radical (unpaired) electrons. The Labute approximate surface area is 81.1 Å². The van der Waals surface area contributed by atoms with Crippen LogP contribution in [0, 0.1) is 0 Å². The Morgan fingerprint density at radius 3 is 2.23 bits per heavy atom. The third-order valence-corrected chi connectivity index (χ3v) is 1.30. The maximum Gasteiger partial charge on any atom is 0.119 e. The van der Waals surface area contributed by atoms with E-state index in [-0.39, 0.29) is 0 Å². The van der Waals surface area contributed by atoms with Gasteiger partial charge in [0.1, 0.15) is 11.5 Å². The van der Waals surface area contributed by atoms with Gasteiger partial charge in [-0.15, -0.1) is 0 Å². The molecule has 1 nitrogen and oxygen atoms in total. The van der Waals surface area contributed by atoms with Gasteiger partial charge in [-0.1, -0.05) is 24.3 Å². The van der Waals surface area contributed by atoms with E-state index in [1.807, 2.05) is 52.0 Å². The molecule has 0 atom stereocenters. The van der Waals surface area contributed by atoms with Crippen molar-refractivity contribution in [2.45, 2.75) is 27.7 Å². The van der Waals surface area contributed by atoms with Gasteiger partial charge in [0.05, 0.1) is 0 Å². The largest absolute Gasteiger partial charge is 0.463 e. The van der Waals surface area contributed by atoms with E-state index >= 15 is 0 Å². The first-order valence-corrected chi connectivity index (χ1v) is 4.37. The zero-order valence-electron chi connectivity index (χ0n) is 8.92. The third kappa shape index (κ3) is 7.13. The molecule has 0 heterocycles. The van der Waals surface area contributed by atoms with Crippen LogP contribution in [0.15, 0.2) is 48.0 Å². The van der Waals surface area contributed by atoms with Gasteiger partial charge in [-0.05, 0) is 39.8 Å². The lowest BCUT2D eigenvalue weighted by molar-refractivity contribution is 0.324. The minimum atomic E-state index is 0.665. The monoisotopic (exact) mass is 178 g/mol. The maximum atomic E-state index is 5.38. The summed E-state index contributed by atoms with van der Waals surface area (Å²) < 4.78 is 5.38. The number of rotatable bonds is 4. The summed E-state index contributed by atoms with van der Waals surface area (Å²) >= 11 is 0. The molecule has 1 heteroatoms. The molecule has 13 heavy (non-hydrogen) atoms. The zero-order chi connectivity index (χ0) is 10.3. The normalized spacial score (nSPS) is 11.5. The number of hydrogen-bond acceptors (Lipinski definition) is 1. The van der Waals surface area contributed by atoms with Gasteiger partial charge in [-0.25, -0.2) is 0 Å². The average Bonchev–Trinajstić information content (AvgIpc) is 2.01. The minimum Gasteiger partial charge on any atom is -0.463 e. The quantitative estimate of drug-likeness (QED) is 0.467. The molecule has 0 aromatic rings. The van der Waals surface area contributed by atoms with Gasteiger partial charge in [-0.2, -0.15) is 0 Å². The first kappa shape index (κ1) is 11.8. The van der Waals surface area contributed by atoms with Crippen molar-refractivity contribution in [3.8, 4) is 0 Å². The Morgan fingerprint density at radius 2 is 1.77 bits per heavy atom. The van der Waals surface area contributed by atoms with Crippen LogP contribution in [-0.2, 0) is 4.74 Å². The highest BCUT2D eigenvalue weighted by Gasteiger charge is 1.89. The lowest BCUT2D eigenvalue weighted by Gasteiger charge is -2.03. The maximum absolute atomic E-state index is 5.38. The van der Waals surface area contributed by atoms with Crippen LogP contribution in [0.4, 0.5) is 0 Å². The van der Waals surface area contributed by atoms with E-state index in [1.165, 1.54) is 5.57 Å². The summed E-state index contributed by atoms with van der Waals surface area (Å²) in [5.41, 5.74) is 1.25. The van der Waals surface area contributed by atoms with Crippen molar-refractivity contribution < 1.29 is 4.74 Å². The van der Waals surface area contributed by atoms with E-state index in [4.69, 9.17) is 4.74 Å². The van der Waals surface area contributed by atoms with E-state index in [9.17, 15) is 0 Å². The van der Waals surface area contributed by atoms with Crippen LogP contribution < -0.4 is 0 Å². The summed E-state index contributed by atoms with van der Waals surface area (Å²) in [6.07, 6.45) is 7.68. The molecule has 0 unspecified atom stereocenters. The van der Waals surface area contributed by atoms with E-state index in [0.29, 0.717) is 5.76 Å². The summed E-state index contributed by atoms with van der Waals surface area (Å²) in [6.45, 7) is 11.7. The second kappa shape index (κ2) is 6.30. The summed E-state index contributed by atoms with van der Waals surface area (Å²) in [5.74, 6) is 1.52. The fraction of sp³-hybridized carbons (Fsp3) is 0.333. The van der Waals surface area contributed by atoms with Crippen LogP contribution in [0.2, 0.25) is 0 Å². The molecule has 72 valence electrons. The number of ether oxygens (including phenoxy) is 1. The second-order valence-corrected chi connectivity index (χ2v) is 3.09. The molecular weight excluding hydrogens is 160 g/mol. The fourth-order valence-electron chi connectivity index (χ4n) is 0.745. The van der Waals surface area contributed by atoms with Crippen LogP contribution in [0.3, 0.4) is 0 Å². The lowest BCUT2D eigenvalue weighted by Crippen LogP contribution is -1.84. The van der Waals surface area contributed by atoms with Crippen LogP contribution in [0.25, 0.3) is 0 Å². The first-order valence-electron chi connectivity index (χ1n) is 4.37. The molecule has 0 bridgehead atoms. The Hall–Kier alpha value is -1.24. The summed E-state index contributed by atoms with van der Waals surface area (Å²) in [4.78, 5) is 0. The molecular formula is C12H18O. The van der Waals surface area contributed by atoms with Crippen molar-refractivity contribution in [3.63, 3.8) is 0 Å². The molecule has 0 aromatic heterocycles. The second-order valence-electron chi connectivity index (χ2n) is 3.09. The Morgan fingerprint density at radius 1 is 1.15 bits per heavy atom.